The molecule has 0 atom stereocenters. The van der Waals surface area contributed by atoms with Crippen molar-refractivity contribution in [2.75, 3.05) is 18.0 Å². The zero-order valence-corrected chi connectivity index (χ0v) is 14.2. The molecule has 130 valence electrons. The van der Waals surface area contributed by atoms with E-state index in [9.17, 15) is 18.5 Å². The molecule has 1 fully saturated rings. The minimum Gasteiger partial charge on any atom is -0.472 e. The van der Waals surface area contributed by atoms with Gasteiger partial charge in [0.2, 0.25) is 5.91 Å². The number of anilines is 1. The van der Waals surface area contributed by atoms with Crippen LogP contribution in [0.15, 0.2) is 18.2 Å². The van der Waals surface area contributed by atoms with Crippen LogP contribution in [0, 0.1) is 17.2 Å². The van der Waals surface area contributed by atoms with E-state index in [0.717, 1.165) is 19.3 Å². The molecule has 1 amide bonds. The summed E-state index contributed by atoms with van der Waals surface area (Å²) in [6, 6.07) is 6.39. The van der Waals surface area contributed by atoms with Crippen molar-refractivity contribution < 1.29 is 17.9 Å². The summed E-state index contributed by atoms with van der Waals surface area (Å²) in [4.78, 5) is 13.8. The molecule has 0 saturated heterocycles. The van der Waals surface area contributed by atoms with Crippen molar-refractivity contribution in [3.8, 4) is 11.8 Å². The predicted octanol–water partition coefficient (Wildman–Crippen LogP) is 1.16. The van der Waals surface area contributed by atoms with E-state index in [0.29, 0.717) is 6.54 Å². The fraction of sp³-hybridized carbons (Fsp3) is 0.467. The van der Waals surface area contributed by atoms with Gasteiger partial charge in [0.25, 0.3) is 10.2 Å². The first-order valence-corrected chi connectivity index (χ1v) is 9.15. The number of amides is 1. The highest BCUT2D eigenvalue weighted by Gasteiger charge is 2.33. The highest BCUT2D eigenvalue weighted by Crippen LogP contribution is 2.31. The zero-order valence-electron chi connectivity index (χ0n) is 13.4. The van der Waals surface area contributed by atoms with Crippen molar-refractivity contribution in [1.29, 1.82) is 5.26 Å². The molecule has 24 heavy (non-hydrogen) atoms. The number of benzene rings is 1. The lowest BCUT2D eigenvalue weighted by Gasteiger charge is -2.23. The van der Waals surface area contributed by atoms with Gasteiger partial charge in [-0.25, -0.2) is 5.14 Å². The van der Waals surface area contributed by atoms with E-state index in [1.165, 1.54) is 12.1 Å². The van der Waals surface area contributed by atoms with Crippen molar-refractivity contribution in [3.05, 3.63) is 23.8 Å². The third-order valence-electron chi connectivity index (χ3n) is 3.50. The Balaban J connectivity index is 2.14. The van der Waals surface area contributed by atoms with Gasteiger partial charge in [-0.2, -0.15) is 13.7 Å². The smallest absolute Gasteiger partial charge is 0.296 e. The molecule has 1 aliphatic carbocycles. The second kappa shape index (κ2) is 7.51. The van der Waals surface area contributed by atoms with Crippen LogP contribution in [0.25, 0.3) is 0 Å². The van der Waals surface area contributed by atoms with Gasteiger partial charge >= 0.3 is 0 Å². The van der Waals surface area contributed by atoms with Crippen LogP contribution in [0.4, 0.5) is 5.69 Å². The molecule has 9 heteroatoms. The molecule has 3 N–H and O–H groups in total. The Morgan fingerprint density at radius 1 is 1.50 bits per heavy atom. The van der Waals surface area contributed by atoms with Crippen molar-refractivity contribution in [1.82, 2.24) is 4.90 Å². The number of ether oxygens (including phenoxy) is 1. The van der Waals surface area contributed by atoms with E-state index in [4.69, 9.17) is 9.88 Å². The van der Waals surface area contributed by atoms with E-state index in [2.05, 4.69) is 4.72 Å². The number of hydrogen-bond donors (Lipinski definition) is 2. The predicted molar refractivity (Wildman–Crippen MR) is 88.1 cm³/mol. The molecule has 0 bridgehead atoms. The first-order chi connectivity index (χ1) is 11.4. The molecule has 1 aromatic rings. The van der Waals surface area contributed by atoms with Crippen LogP contribution in [0.5, 0.6) is 5.75 Å². The standard InChI is InChI=1S/C15H20N4O4S/c1-2-8-19(15(20)11-6-7-11)10-23-14-5-3-4-13(12(14)9-16)18-24(17,21)22/h3-5,11,18H,2,6-8,10H2,1H3,(H2,17,21,22). The van der Waals surface area contributed by atoms with Gasteiger partial charge in [0.15, 0.2) is 6.73 Å². The highest BCUT2D eigenvalue weighted by molar-refractivity contribution is 7.90. The molecule has 8 nitrogen and oxygen atoms in total. The van der Waals surface area contributed by atoms with Crippen molar-refractivity contribution in [2.45, 2.75) is 26.2 Å². The number of nitrogens with two attached hydrogens (primary N) is 1. The normalized spacial score (nSPS) is 13.9. The Bertz CT molecular complexity index is 753. The van der Waals surface area contributed by atoms with Gasteiger partial charge in [0, 0.05) is 12.5 Å². The third-order valence-corrected chi connectivity index (χ3v) is 4.00. The van der Waals surface area contributed by atoms with Gasteiger partial charge in [-0.05, 0) is 31.4 Å². The lowest BCUT2D eigenvalue weighted by atomic mass is 10.2. The molecule has 1 aromatic carbocycles. The Labute approximate surface area is 141 Å². The van der Waals surface area contributed by atoms with Crippen molar-refractivity contribution in [2.24, 2.45) is 11.1 Å². The topological polar surface area (TPSA) is 126 Å². The molecule has 2 rings (SSSR count). The molecule has 0 spiro atoms. The third kappa shape index (κ3) is 4.84. The van der Waals surface area contributed by atoms with Gasteiger partial charge < -0.3 is 9.64 Å². The van der Waals surface area contributed by atoms with E-state index in [1.54, 1.807) is 11.0 Å². The molecule has 0 aromatic heterocycles. The van der Waals surface area contributed by atoms with E-state index >= 15 is 0 Å². The molecule has 0 radical (unpaired) electrons. The quantitative estimate of drug-likeness (QED) is 0.679. The van der Waals surface area contributed by atoms with Crippen LogP contribution < -0.4 is 14.6 Å². The van der Waals surface area contributed by atoms with Gasteiger partial charge in [0.05, 0.1) is 5.69 Å². The molecule has 1 saturated carbocycles. The van der Waals surface area contributed by atoms with E-state index < -0.39 is 10.2 Å². The van der Waals surface area contributed by atoms with Crippen molar-refractivity contribution in [3.63, 3.8) is 0 Å². The van der Waals surface area contributed by atoms with E-state index in [-0.39, 0.29) is 35.6 Å². The van der Waals surface area contributed by atoms with Gasteiger partial charge in [-0.3, -0.25) is 9.52 Å². The summed E-state index contributed by atoms with van der Waals surface area (Å²) >= 11 is 0. The molecular weight excluding hydrogens is 332 g/mol. The fourth-order valence-corrected chi connectivity index (χ4v) is 2.73. The number of nitrogens with zero attached hydrogens (tertiary/aromatic N) is 2. The summed E-state index contributed by atoms with van der Waals surface area (Å²) in [7, 11) is -4.00. The fourth-order valence-electron chi connectivity index (χ4n) is 2.25. The van der Waals surface area contributed by atoms with Crippen LogP contribution in [0.1, 0.15) is 31.7 Å². The number of carbonyl (C=O) groups excluding carboxylic acids is 1. The maximum absolute atomic E-state index is 12.2. The number of carbonyl (C=O) groups is 1. The number of rotatable bonds is 8. The zero-order chi connectivity index (χ0) is 17.7. The van der Waals surface area contributed by atoms with Crippen LogP contribution in [0.3, 0.4) is 0 Å². The lowest BCUT2D eigenvalue weighted by molar-refractivity contribution is -0.135. The molecule has 0 unspecified atom stereocenters. The first-order valence-electron chi connectivity index (χ1n) is 7.61. The second-order valence-electron chi connectivity index (χ2n) is 5.59. The summed E-state index contributed by atoms with van der Waals surface area (Å²) in [5.74, 6) is 0.316. The minimum atomic E-state index is -4.00. The van der Waals surface area contributed by atoms with Crippen LogP contribution in [-0.4, -0.2) is 32.5 Å². The number of hydrogen-bond acceptors (Lipinski definition) is 5. The second-order valence-corrected chi connectivity index (χ2v) is 6.88. The maximum atomic E-state index is 12.2. The highest BCUT2D eigenvalue weighted by atomic mass is 32.2. The molecule has 0 aliphatic heterocycles. The van der Waals surface area contributed by atoms with Gasteiger partial charge in [-0.15, -0.1) is 0 Å². The minimum absolute atomic E-state index is 0.0106. The average Bonchev–Trinajstić information content (AvgIpc) is 3.34. The Morgan fingerprint density at radius 3 is 2.75 bits per heavy atom. The summed E-state index contributed by atoms with van der Waals surface area (Å²) in [6.07, 6.45) is 2.59. The first kappa shape index (κ1) is 18.0. The van der Waals surface area contributed by atoms with Crippen LogP contribution >= 0.6 is 0 Å². The maximum Gasteiger partial charge on any atom is 0.296 e. The molecule has 0 heterocycles. The molecular formula is C15H20N4O4S. The van der Waals surface area contributed by atoms with Crippen LogP contribution in [0.2, 0.25) is 0 Å². The Hall–Kier alpha value is -2.31. The summed E-state index contributed by atoms with van der Waals surface area (Å²) < 4.78 is 30.0. The van der Waals surface area contributed by atoms with Gasteiger partial charge in [-0.1, -0.05) is 13.0 Å². The van der Waals surface area contributed by atoms with Gasteiger partial charge in [0.1, 0.15) is 17.4 Å². The number of nitriles is 1. The SMILES string of the molecule is CCCN(COc1cccc(NS(N)(=O)=O)c1C#N)C(=O)C1CC1. The van der Waals surface area contributed by atoms with Crippen LogP contribution in [-0.2, 0) is 15.0 Å². The summed E-state index contributed by atoms with van der Waals surface area (Å²) in [5.41, 5.74) is 0.0508. The Morgan fingerprint density at radius 2 is 2.21 bits per heavy atom. The lowest BCUT2D eigenvalue weighted by Crippen LogP contribution is -2.36. The van der Waals surface area contributed by atoms with E-state index in [1.807, 2.05) is 13.0 Å². The monoisotopic (exact) mass is 352 g/mol. The Kier molecular flexibility index (Phi) is 5.64. The summed E-state index contributed by atoms with van der Waals surface area (Å²) in [5, 5.41) is 14.2. The largest absolute Gasteiger partial charge is 0.472 e. The summed E-state index contributed by atoms with van der Waals surface area (Å²) in [6.45, 7) is 2.54. The van der Waals surface area contributed by atoms with Crippen molar-refractivity contribution >= 4 is 21.8 Å². The average molecular weight is 352 g/mol. The number of nitrogens with one attached hydrogen (secondary N) is 1. The molecule has 1 aliphatic rings.